The van der Waals surface area contributed by atoms with Crippen molar-refractivity contribution in [3.05, 3.63) is 18.2 Å². The number of phenols is 1. The van der Waals surface area contributed by atoms with E-state index in [1.54, 1.807) is 17.8 Å². The Morgan fingerprint density at radius 3 is 2.94 bits per heavy atom. The van der Waals surface area contributed by atoms with E-state index in [9.17, 15) is 9.90 Å². The number of nitrogens with one attached hydrogen (secondary N) is 1. The van der Waals surface area contributed by atoms with Crippen LogP contribution in [0.15, 0.2) is 18.2 Å². The van der Waals surface area contributed by atoms with Crippen molar-refractivity contribution in [1.82, 2.24) is 0 Å². The molecule has 1 aromatic carbocycles. The summed E-state index contributed by atoms with van der Waals surface area (Å²) < 4.78 is -0.357. The fourth-order valence-electron chi connectivity index (χ4n) is 1.88. The maximum Gasteiger partial charge on any atom is 0.240 e. The molecule has 0 bridgehead atoms. The molecule has 1 aliphatic rings. The standard InChI is InChI=1S/C12H16N2O2S/c1-12(5-2-6-17-12)11(16)14-10-4-3-8(15)7-9(10)13/h3-4,7,15H,2,5-6,13H2,1H3,(H,14,16). The molecule has 0 aromatic heterocycles. The second-order valence-electron chi connectivity index (χ2n) is 4.41. The highest BCUT2D eigenvalue weighted by Crippen LogP contribution is 2.39. The average Bonchev–Trinajstić information content (AvgIpc) is 2.71. The number of carbonyl (C=O) groups is 1. The topological polar surface area (TPSA) is 75.3 Å². The zero-order valence-electron chi connectivity index (χ0n) is 9.69. The minimum absolute atomic E-state index is 0.0163. The highest BCUT2D eigenvalue weighted by atomic mass is 32.2. The first-order chi connectivity index (χ1) is 8.01. The second-order valence-corrected chi connectivity index (χ2v) is 6.01. The Balaban J connectivity index is 2.13. The van der Waals surface area contributed by atoms with E-state index < -0.39 is 0 Å². The Labute approximate surface area is 105 Å². The van der Waals surface area contributed by atoms with Crippen LogP contribution in [0, 0.1) is 0 Å². The lowest BCUT2D eigenvalue weighted by atomic mass is 10.0. The lowest BCUT2D eigenvalue weighted by molar-refractivity contribution is -0.118. The SMILES string of the molecule is CC1(C(=O)Nc2ccc(O)cc2N)CCCS1. The van der Waals surface area contributed by atoms with Crippen LogP contribution in [0.1, 0.15) is 19.8 Å². The number of carbonyl (C=O) groups excluding carboxylic acids is 1. The van der Waals surface area contributed by atoms with Gasteiger partial charge in [0.2, 0.25) is 5.91 Å². The molecule has 0 aliphatic carbocycles. The van der Waals surface area contributed by atoms with Crippen molar-refractivity contribution in [2.45, 2.75) is 24.5 Å². The Morgan fingerprint density at radius 1 is 1.59 bits per heavy atom. The van der Waals surface area contributed by atoms with Gasteiger partial charge in [-0.25, -0.2) is 0 Å². The average molecular weight is 252 g/mol. The molecule has 4 nitrogen and oxygen atoms in total. The van der Waals surface area contributed by atoms with Gasteiger partial charge in [0.25, 0.3) is 0 Å². The monoisotopic (exact) mass is 252 g/mol. The molecule has 0 radical (unpaired) electrons. The van der Waals surface area contributed by atoms with Gasteiger partial charge in [-0.1, -0.05) is 0 Å². The molecular weight excluding hydrogens is 236 g/mol. The number of anilines is 2. The highest BCUT2D eigenvalue weighted by Gasteiger charge is 2.37. The van der Waals surface area contributed by atoms with Gasteiger partial charge in [0.05, 0.1) is 16.1 Å². The summed E-state index contributed by atoms with van der Waals surface area (Å²) in [5, 5.41) is 12.1. The van der Waals surface area contributed by atoms with E-state index in [0.717, 1.165) is 18.6 Å². The molecule has 0 spiro atoms. The van der Waals surface area contributed by atoms with Crippen molar-refractivity contribution < 1.29 is 9.90 Å². The number of aromatic hydroxyl groups is 1. The van der Waals surface area contributed by atoms with Crippen LogP contribution in [0.5, 0.6) is 5.75 Å². The summed E-state index contributed by atoms with van der Waals surface area (Å²) in [5.41, 5.74) is 6.67. The molecule has 0 saturated carbocycles. The van der Waals surface area contributed by atoms with Crippen molar-refractivity contribution in [2.24, 2.45) is 0 Å². The third kappa shape index (κ3) is 2.49. The molecule has 4 N–H and O–H groups in total. The predicted molar refractivity (Wildman–Crippen MR) is 71.2 cm³/mol. The maximum atomic E-state index is 12.1. The number of nitrogen functional groups attached to an aromatic ring is 1. The van der Waals surface area contributed by atoms with Crippen LogP contribution >= 0.6 is 11.8 Å². The molecule has 2 rings (SSSR count). The van der Waals surface area contributed by atoms with Gasteiger partial charge >= 0.3 is 0 Å². The fourth-order valence-corrected chi connectivity index (χ4v) is 3.09. The van der Waals surface area contributed by atoms with Crippen LogP contribution in [0.25, 0.3) is 0 Å². The molecule has 17 heavy (non-hydrogen) atoms. The quantitative estimate of drug-likeness (QED) is 0.557. The van der Waals surface area contributed by atoms with E-state index in [1.165, 1.54) is 12.1 Å². The molecule has 1 unspecified atom stereocenters. The van der Waals surface area contributed by atoms with E-state index in [2.05, 4.69) is 5.32 Å². The number of hydrogen-bond donors (Lipinski definition) is 3. The van der Waals surface area contributed by atoms with E-state index in [0.29, 0.717) is 11.4 Å². The summed E-state index contributed by atoms with van der Waals surface area (Å²) in [6, 6.07) is 4.56. The first-order valence-electron chi connectivity index (χ1n) is 5.55. The lowest BCUT2D eigenvalue weighted by Crippen LogP contribution is -2.34. The minimum Gasteiger partial charge on any atom is -0.508 e. The Hall–Kier alpha value is -1.36. The zero-order valence-corrected chi connectivity index (χ0v) is 10.5. The highest BCUT2D eigenvalue weighted by molar-refractivity contribution is 8.01. The number of hydrogen-bond acceptors (Lipinski definition) is 4. The van der Waals surface area contributed by atoms with Crippen molar-refractivity contribution in [1.29, 1.82) is 0 Å². The number of benzene rings is 1. The Kier molecular flexibility index (Phi) is 3.19. The van der Waals surface area contributed by atoms with Crippen LogP contribution in [0.3, 0.4) is 0 Å². The summed E-state index contributed by atoms with van der Waals surface area (Å²) >= 11 is 1.68. The van der Waals surface area contributed by atoms with Gasteiger partial charge in [-0.3, -0.25) is 4.79 Å². The van der Waals surface area contributed by atoms with E-state index in [-0.39, 0.29) is 16.4 Å². The van der Waals surface area contributed by atoms with Gasteiger partial charge in [-0.15, -0.1) is 11.8 Å². The Morgan fingerprint density at radius 2 is 2.35 bits per heavy atom. The molecule has 1 fully saturated rings. The van der Waals surface area contributed by atoms with Gasteiger partial charge in [0, 0.05) is 6.07 Å². The number of thioether (sulfide) groups is 1. The summed E-state index contributed by atoms with van der Waals surface area (Å²) in [6.45, 7) is 1.95. The molecule has 1 heterocycles. The molecular formula is C12H16N2O2S. The van der Waals surface area contributed by atoms with Crippen LogP contribution in [-0.2, 0) is 4.79 Å². The molecule has 5 heteroatoms. The van der Waals surface area contributed by atoms with Crippen molar-refractivity contribution in [3.8, 4) is 5.75 Å². The van der Waals surface area contributed by atoms with Crippen LogP contribution in [0.4, 0.5) is 11.4 Å². The van der Waals surface area contributed by atoms with E-state index in [4.69, 9.17) is 5.73 Å². The van der Waals surface area contributed by atoms with Gasteiger partial charge in [0.1, 0.15) is 5.75 Å². The molecule has 92 valence electrons. The van der Waals surface area contributed by atoms with E-state index in [1.807, 2.05) is 6.92 Å². The predicted octanol–water partition coefficient (Wildman–Crippen LogP) is 2.20. The van der Waals surface area contributed by atoms with E-state index >= 15 is 0 Å². The van der Waals surface area contributed by atoms with Crippen LogP contribution in [0.2, 0.25) is 0 Å². The van der Waals surface area contributed by atoms with Gasteiger partial charge in [0.15, 0.2) is 0 Å². The summed E-state index contributed by atoms with van der Waals surface area (Å²) in [7, 11) is 0. The molecule has 1 amide bonds. The number of amides is 1. The zero-order chi connectivity index (χ0) is 12.5. The second kappa shape index (κ2) is 4.49. The maximum absolute atomic E-state index is 12.1. The lowest BCUT2D eigenvalue weighted by Gasteiger charge is -2.22. The smallest absolute Gasteiger partial charge is 0.240 e. The minimum atomic E-state index is -0.357. The normalized spacial score (nSPS) is 23.6. The number of nitrogens with two attached hydrogens (primary N) is 1. The van der Waals surface area contributed by atoms with Gasteiger partial charge in [-0.05, 0) is 37.7 Å². The third-order valence-electron chi connectivity index (χ3n) is 2.98. The molecule has 1 saturated heterocycles. The Bertz CT molecular complexity index is 442. The van der Waals surface area contributed by atoms with Crippen molar-refractivity contribution in [3.63, 3.8) is 0 Å². The first kappa shape index (κ1) is 12.1. The van der Waals surface area contributed by atoms with Gasteiger partial charge < -0.3 is 16.2 Å². The molecule has 1 aromatic rings. The van der Waals surface area contributed by atoms with Crippen molar-refractivity contribution >= 4 is 29.0 Å². The van der Waals surface area contributed by atoms with Gasteiger partial charge in [-0.2, -0.15) is 0 Å². The largest absolute Gasteiger partial charge is 0.508 e. The summed E-state index contributed by atoms with van der Waals surface area (Å²) in [5.74, 6) is 1.11. The molecule has 1 atom stereocenters. The molecule has 1 aliphatic heterocycles. The number of rotatable bonds is 2. The first-order valence-corrected chi connectivity index (χ1v) is 6.54. The fraction of sp³-hybridized carbons (Fsp3) is 0.417. The van der Waals surface area contributed by atoms with Crippen molar-refractivity contribution in [2.75, 3.05) is 16.8 Å². The third-order valence-corrected chi connectivity index (χ3v) is 4.50. The van der Waals surface area contributed by atoms with Crippen LogP contribution in [-0.4, -0.2) is 21.5 Å². The summed E-state index contributed by atoms with van der Waals surface area (Å²) in [6.07, 6.45) is 1.96. The van der Waals surface area contributed by atoms with Crippen LogP contribution < -0.4 is 11.1 Å². The summed E-state index contributed by atoms with van der Waals surface area (Å²) in [4.78, 5) is 12.1. The number of phenolic OH excluding ortho intramolecular Hbond substituents is 1.